The number of methoxy groups -OCH3 is 1. The molecule has 0 saturated carbocycles. The highest BCUT2D eigenvalue weighted by Gasteiger charge is 2.26. The largest absolute Gasteiger partial charge is 0.493 e. The van der Waals surface area contributed by atoms with Crippen LogP contribution in [0.25, 0.3) is 11.6 Å². The van der Waals surface area contributed by atoms with Gasteiger partial charge < -0.3 is 34.8 Å². The van der Waals surface area contributed by atoms with Gasteiger partial charge in [0.25, 0.3) is 13.3 Å². The third-order valence-corrected chi connectivity index (χ3v) is 5.44. The van der Waals surface area contributed by atoms with Crippen molar-refractivity contribution in [2.75, 3.05) is 18.9 Å². The van der Waals surface area contributed by atoms with Crippen LogP contribution in [0, 0.1) is 0 Å². The van der Waals surface area contributed by atoms with Crippen molar-refractivity contribution < 1.29 is 29.5 Å². The summed E-state index contributed by atoms with van der Waals surface area (Å²) in [6.07, 6.45) is 3.06. The van der Waals surface area contributed by atoms with Gasteiger partial charge >= 0.3 is 5.97 Å². The summed E-state index contributed by atoms with van der Waals surface area (Å²) >= 11 is 0. The molecule has 201 valence electrons. The van der Waals surface area contributed by atoms with Crippen molar-refractivity contribution in [1.82, 2.24) is 19.9 Å². The van der Waals surface area contributed by atoms with Gasteiger partial charge in [-0.05, 0) is 29.2 Å². The zero-order valence-corrected chi connectivity index (χ0v) is 22.0. The first-order valence-corrected chi connectivity index (χ1v) is 12.0. The summed E-state index contributed by atoms with van der Waals surface area (Å²) in [4.78, 5) is 17.3. The van der Waals surface area contributed by atoms with Gasteiger partial charge in [0.15, 0.2) is 29.7 Å². The fraction of sp³-hybridized carbons (Fsp3) is 0.259. The third-order valence-electron chi connectivity index (χ3n) is 5.44. The number of anilines is 1. The first kappa shape index (κ1) is 27.8. The van der Waals surface area contributed by atoms with E-state index >= 15 is 0 Å². The van der Waals surface area contributed by atoms with E-state index in [0.717, 1.165) is 5.46 Å². The second-order valence-electron chi connectivity index (χ2n) is 9.58. The molecule has 0 atom stereocenters. The Morgan fingerprint density at radius 2 is 1.51 bits per heavy atom. The van der Waals surface area contributed by atoms with E-state index < -0.39 is 12.6 Å². The maximum absolute atomic E-state index is 9.46. The molecule has 0 spiro atoms. The highest BCUT2D eigenvalue weighted by molar-refractivity contribution is 6.56. The molecule has 2 aromatic heterocycles. The Kier molecular flexibility index (Phi) is 8.29. The van der Waals surface area contributed by atoms with Gasteiger partial charge in [0.1, 0.15) is 0 Å². The van der Waals surface area contributed by atoms with Crippen molar-refractivity contribution in [3.8, 4) is 34.8 Å². The summed E-state index contributed by atoms with van der Waals surface area (Å²) in [6, 6.07) is 16.6. The minimum atomic E-state index is -3.12. The second kappa shape index (κ2) is 11.6. The van der Waals surface area contributed by atoms with Gasteiger partial charge in [-0.3, -0.25) is 0 Å². The molecule has 0 bridgehead atoms. The van der Waals surface area contributed by atoms with Crippen molar-refractivity contribution in [2.24, 2.45) is 0 Å². The van der Waals surface area contributed by atoms with Crippen LogP contribution in [0.15, 0.2) is 67.0 Å². The molecule has 0 aliphatic carbocycles. The van der Waals surface area contributed by atoms with Crippen LogP contribution in [0.1, 0.15) is 26.3 Å². The Morgan fingerprint density at radius 3 is 2.13 bits per heavy atom. The first-order chi connectivity index (χ1) is 18.5. The first-order valence-electron chi connectivity index (χ1n) is 12.0. The summed E-state index contributed by atoms with van der Waals surface area (Å²) in [6.45, 7) is 5.49. The lowest BCUT2D eigenvalue weighted by Gasteiger charge is -2.20. The zero-order valence-electron chi connectivity index (χ0n) is 22.0. The number of benzene rings is 2. The molecule has 0 amide bonds. The van der Waals surface area contributed by atoms with Crippen molar-refractivity contribution >= 4 is 18.7 Å². The quantitative estimate of drug-likeness (QED) is 0.177. The molecule has 0 unspecified atom stereocenters. The Morgan fingerprint density at radius 1 is 0.846 bits per heavy atom. The normalized spacial score (nSPS) is 11.6. The van der Waals surface area contributed by atoms with Crippen LogP contribution in [-0.2, 0) is 5.41 Å². The molecule has 4 aromatic rings. The number of aliphatic hydroxyl groups is 3. The van der Waals surface area contributed by atoms with Crippen LogP contribution in [0.3, 0.4) is 0 Å². The summed E-state index contributed by atoms with van der Waals surface area (Å²) in [5.41, 5.74) is 2.04. The molecule has 0 aliphatic rings. The fourth-order valence-corrected chi connectivity index (χ4v) is 3.44. The predicted molar refractivity (Wildman–Crippen MR) is 145 cm³/mol. The van der Waals surface area contributed by atoms with Crippen molar-refractivity contribution in [3.05, 3.63) is 72.6 Å². The number of rotatable bonds is 10. The topological polar surface area (TPSA) is 152 Å². The van der Waals surface area contributed by atoms with E-state index in [1.54, 1.807) is 37.7 Å². The highest BCUT2D eigenvalue weighted by Crippen LogP contribution is 2.40. The van der Waals surface area contributed by atoms with E-state index in [9.17, 15) is 15.3 Å². The lowest BCUT2D eigenvalue weighted by Crippen LogP contribution is -2.35. The van der Waals surface area contributed by atoms with Crippen LogP contribution in [-0.4, -0.2) is 62.4 Å². The Labute approximate surface area is 226 Å². The molecular formula is C27H29BN5O6. The number of nitrogens with zero attached hydrogens (tertiary/aromatic N) is 4. The second-order valence-corrected chi connectivity index (χ2v) is 9.58. The molecule has 4 rings (SSSR count). The average molecular weight is 530 g/mol. The number of nitrogens with one attached hydrogen (secondary N) is 1. The number of hydrogen-bond donors (Lipinski definition) is 4. The fourth-order valence-electron chi connectivity index (χ4n) is 3.44. The molecule has 11 nitrogen and oxygen atoms in total. The minimum absolute atomic E-state index is 0.00648. The molecule has 0 aliphatic heterocycles. The summed E-state index contributed by atoms with van der Waals surface area (Å²) < 4.78 is 17.0. The molecular weight excluding hydrogens is 501 g/mol. The number of ether oxygens (including phenoxy) is 3. The zero-order chi connectivity index (χ0) is 28.0. The van der Waals surface area contributed by atoms with Gasteiger partial charge in [-0.2, -0.15) is 4.98 Å². The van der Waals surface area contributed by atoms with E-state index in [2.05, 4.69) is 45.9 Å². The van der Waals surface area contributed by atoms with Gasteiger partial charge in [0.05, 0.1) is 7.11 Å². The lowest BCUT2D eigenvalue weighted by molar-refractivity contribution is -0.322. The molecule has 2 aromatic carbocycles. The van der Waals surface area contributed by atoms with Crippen LogP contribution in [0.5, 0.6) is 23.1 Å². The van der Waals surface area contributed by atoms with E-state index in [1.807, 2.05) is 24.3 Å². The molecule has 0 saturated heterocycles. The Hall–Kier alpha value is -4.26. The van der Waals surface area contributed by atoms with Gasteiger partial charge in [0, 0.05) is 12.4 Å². The molecule has 12 heteroatoms. The maximum atomic E-state index is 9.46. The van der Waals surface area contributed by atoms with E-state index in [0.29, 0.717) is 11.5 Å². The van der Waals surface area contributed by atoms with Crippen molar-refractivity contribution in [3.63, 3.8) is 0 Å². The van der Waals surface area contributed by atoms with Crippen LogP contribution >= 0.6 is 0 Å². The van der Waals surface area contributed by atoms with Gasteiger partial charge in [0.2, 0.25) is 11.6 Å². The van der Waals surface area contributed by atoms with Crippen LogP contribution in [0.4, 0.5) is 5.82 Å². The average Bonchev–Trinajstić information content (AvgIpc) is 2.91. The Balaban J connectivity index is 1.77. The van der Waals surface area contributed by atoms with Crippen LogP contribution < -0.4 is 24.9 Å². The molecule has 4 N–H and O–H groups in total. The van der Waals surface area contributed by atoms with E-state index in [4.69, 9.17) is 14.2 Å². The van der Waals surface area contributed by atoms with Gasteiger partial charge in [-0.1, -0.05) is 62.6 Å². The van der Waals surface area contributed by atoms with Crippen molar-refractivity contribution in [1.29, 1.82) is 0 Å². The molecule has 39 heavy (non-hydrogen) atoms. The monoisotopic (exact) mass is 530 g/mol. The summed E-state index contributed by atoms with van der Waals surface area (Å²) in [5.74, 6) is -2.18. The number of para-hydroxylation sites is 2. The highest BCUT2D eigenvalue weighted by atomic mass is 16.7. The summed E-state index contributed by atoms with van der Waals surface area (Å²) in [7, 11) is 3.22. The molecule has 1 radical (unpaired) electrons. The smallest absolute Gasteiger partial charge is 0.311 e. The van der Waals surface area contributed by atoms with E-state index in [1.165, 1.54) is 25.1 Å². The standard InChI is InChI=1S/C27H29BN5O6/c1-26(2,3)17-10-12-18(13-11-17)28-33-22-21(39-20-9-6-5-8-19(20)37-4)25(38-16-27(34,35)36)32-24(31-22)23-29-14-7-15-30-23/h5-15,34-36H,16H2,1-4H3,(H,31,32,33). The number of aromatic nitrogens is 4. The summed E-state index contributed by atoms with van der Waals surface area (Å²) in [5, 5.41) is 31.5. The maximum Gasteiger partial charge on any atom is 0.311 e. The molecule has 0 fully saturated rings. The number of hydrogen-bond acceptors (Lipinski definition) is 11. The minimum Gasteiger partial charge on any atom is -0.493 e. The third kappa shape index (κ3) is 7.41. The van der Waals surface area contributed by atoms with Gasteiger partial charge in [-0.25, -0.2) is 15.0 Å². The van der Waals surface area contributed by atoms with E-state index in [-0.39, 0.29) is 34.5 Å². The molecule has 2 heterocycles. The lowest BCUT2D eigenvalue weighted by atomic mass is 9.79. The van der Waals surface area contributed by atoms with Gasteiger partial charge in [-0.15, -0.1) is 0 Å². The van der Waals surface area contributed by atoms with Crippen LogP contribution in [0.2, 0.25) is 0 Å². The Bertz CT molecular complexity index is 1390. The predicted octanol–water partition coefficient (Wildman–Crippen LogP) is 2.40. The SMILES string of the molecule is COc1ccccc1Oc1c(N[B]c2ccc(C(C)(C)C)cc2)nc(-c2ncccn2)nc1OCC(O)(O)O. The van der Waals surface area contributed by atoms with Crippen molar-refractivity contribution in [2.45, 2.75) is 32.2 Å².